The van der Waals surface area contributed by atoms with Crippen LogP contribution in [0.5, 0.6) is 0 Å². The minimum Gasteiger partial charge on any atom is -0.369 e. The van der Waals surface area contributed by atoms with Crippen molar-refractivity contribution in [2.75, 3.05) is 18.1 Å². The molecule has 7 heteroatoms. The van der Waals surface area contributed by atoms with Crippen molar-refractivity contribution >= 4 is 15.7 Å². The largest absolute Gasteiger partial charge is 0.369 e. The van der Waals surface area contributed by atoms with Crippen molar-refractivity contribution in [2.45, 2.75) is 17.7 Å². The number of hydrogen-bond donors (Lipinski definition) is 2. The van der Waals surface area contributed by atoms with E-state index in [1.165, 1.54) is 6.26 Å². The van der Waals surface area contributed by atoms with Crippen LogP contribution in [0.4, 0.5) is 5.82 Å². The van der Waals surface area contributed by atoms with E-state index in [4.69, 9.17) is 0 Å². The Hall–Kier alpha value is -1.89. The number of aryl methyl sites for hydroxylation is 1. The molecule has 2 N–H and O–H groups in total. The van der Waals surface area contributed by atoms with Gasteiger partial charge in [-0.05, 0) is 18.6 Å². The number of aromatic nitrogens is 3. The number of nitrogens with one attached hydrogen (secondary N) is 2. The fraction of sp³-hybridized carbons (Fsp3) is 0.333. The maximum Gasteiger partial charge on any atom is 0.179 e. The molecule has 0 unspecified atom stereocenters. The number of anilines is 1. The Bertz CT molecular complexity index is 623. The van der Waals surface area contributed by atoms with Crippen LogP contribution in [-0.2, 0) is 16.3 Å². The molecular weight excluding hydrogens is 264 g/mol. The molecule has 19 heavy (non-hydrogen) atoms. The van der Waals surface area contributed by atoms with E-state index in [2.05, 4.69) is 20.3 Å². The second kappa shape index (κ2) is 5.83. The number of pyridine rings is 1. The lowest BCUT2D eigenvalue weighted by atomic mass is 10.3. The number of rotatable bonds is 6. The Kier molecular flexibility index (Phi) is 4.16. The summed E-state index contributed by atoms with van der Waals surface area (Å²) in [5, 5.41) is 3.05. The Morgan fingerprint density at radius 2 is 2.16 bits per heavy atom. The average molecular weight is 280 g/mol. The van der Waals surface area contributed by atoms with Gasteiger partial charge < -0.3 is 10.3 Å². The first-order chi connectivity index (χ1) is 9.07. The third-order valence-corrected chi connectivity index (χ3v) is 3.74. The maximum absolute atomic E-state index is 11.6. The van der Waals surface area contributed by atoms with Gasteiger partial charge in [0.2, 0.25) is 0 Å². The second-order valence-corrected chi connectivity index (χ2v) is 6.17. The fourth-order valence-electron chi connectivity index (χ4n) is 1.72. The summed E-state index contributed by atoms with van der Waals surface area (Å²) < 4.78 is 23.2. The van der Waals surface area contributed by atoms with Gasteiger partial charge in [0.25, 0.3) is 0 Å². The van der Waals surface area contributed by atoms with Crippen molar-refractivity contribution in [1.82, 2.24) is 15.0 Å². The molecule has 0 fully saturated rings. The van der Waals surface area contributed by atoms with E-state index >= 15 is 0 Å². The highest BCUT2D eigenvalue weighted by molar-refractivity contribution is 7.90. The Balaban J connectivity index is 1.93. The van der Waals surface area contributed by atoms with Gasteiger partial charge >= 0.3 is 0 Å². The van der Waals surface area contributed by atoms with Crippen LogP contribution in [0, 0.1) is 0 Å². The zero-order valence-electron chi connectivity index (χ0n) is 10.6. The Morgan fingerprint density at radius 3 is 2.84 bits per heavy atom. The topological polar surface area (TPSA) is 87.7 Å². The van der Waals surface area contributed by atoms with E-state index in [1.807, 2.05) is 0 Å². The summed E-state index contributed by atoms with van der Waals surface area (Å²) in [4.78, 5) is 11.4. The first kappa shape index (κ1) is 13.5. The molecule has 0 aliphatic heterocycles. The van der Waals surface area contributed by atoms with Crippen molar-refractivity contribution in [3.05, 3.63) is 36.5 Å². The van der Waals surface area contributed by atoms with E-state index in [1.54, 1.807) is 30.7 Å². The van der Waals surface area contributed by atoms with Crippen LogP contribution in [0.2, 0.25) is 0 Å². The summed E-state index contributed by atoms with van der Waals surface area (Å²) in [5.41, 5.74) is 0. The maximum atomic E-state index is 11.6. The van der Waals surface area contributed by atoms with E-state index in [-0.39, 0.29) is 4.90 Å². The lowest BCUT2D eigenvalue weighted by Crippen LogP contribution is -2.10. The highest BCUT2D eigenvalue weighted by atomic mass is 32.2. The standard InChI is InChI=1S/C12H16N4O2S/c1-19(17,18)10-4-2-6-15-12(10)16-7-3-5-11-13-8-9-14-11/h2,4,6,8-9H,3,5,7H2,1H3,(H,13,14)(H,15,16). The first-order valence-corrected chi connectivity index (χ1v) is 7.84. The van der Waals surface area contributed by atoms with Crippen LogP contribution in [0.15, 0.2) is 35.6 Å². The monoisotopic (exact) mass is 280 g/mol. The van der Waals surface area contributed by atoms with Gasteiger partial charge in [0.15, 0.2) is 9.84 Å². The van der Waals surface area contributed by atoms with Gasteiger partial charge in [0.05, 0.1) is 0 Å². The zero-order chi connectivity index (χ0) is 13.7. The van der Waals surface area contributed by atoms with Gasteiger partial charge in [-0.2, -0.15) is 0 Å². The fourth-order valence-corrected chi connectivity index (χ4v) is 2.52. The molecule has 102 valence electrons. The number of H-pyrrole nitrogens is 1. The second-order valence-electron chi connectivity index (χ2n) is 4.19. The molecule has 0 spiro atoms. The molecule has 2 rings (SSSR count). The summed E-state index contributed by atoms with van der Waals surface area (Å²) in [6, 6.07) is 3.17. The van der Waals surface area contributed by atoms with Gasteiger partial charge in [0.1, 0.15) is 16.5 Å². The lowest BCUT2D eigenvalue weighted by molar-refractivity contribution is 0.601. The van der Waals surface area contributed by atoms with Crippen LogP contribution in [0.1, 0.15) is 12.2 Å². The van der Waals surface area contributed by atoms with E-state index in [0.29, 0.717) is 12.4 Å². The summed E-state index contributed by atoms with van der Waals surface area (Å²) in [6.07, 6.45) is 7.89. The predicted octanol–water partition coefficient (Wildman–Crippen LogP) is 1.25. The number of sulfone groups is 1. The van der Waals surface area contributed by atoms with E-state index in [9.17, 15) is 8.42 Å². The average Bonchev–Trinajstić information content (AvgIpc) is 2.87. The van der Waals surface area contributed by atoms with Crippen LogP contribution in [-0.4, -0.2) is 36.2 Å². The molecule has 2 aromatic rings. The van der Waals surface area contributed by atoms with Crippen LogP contribution in [0.3, 0.4) is 0 Å². The third kappa shape index (κ3) is 3.78. The molecule has 0 bridgehead atoms. The zero-order valence-corrected chi connectivity index (χ0v) is 11.4. The summed E-state index contributed by atoms with van der Waals surface area (Å²) >= 11 is 0. The summed E-state index contributed by atoms with van der Waals surface area (Å²) in [6.45, 7) is 0.639. The van der Waals surface area contributed by atoms with Gasteiger partial charge in [-0.1, -0.05) is 0 Å². The highest BCUT2D eigenvalue weighted by Crippen LogP contribution is 2.17. The van der Waals surface area contributed by atoms with E-state index < -0.39 is 9.84 Å². The molecule has 0 atom stereocenters. The van der Waals surface area contributed by atoms with Gasteiger partial charge in [-0.25, -0.2) is 18.4 Å². The molecule has 2 heterocycles. The number of hydrogen-bond acceptors (Lipinski definition) is 5. The number of nitrogens with zero attached hydrogens (tertiary/aromatic N) is 2. The van der Waals surface area contributed by atoms with Gasteiger partial charge in [0, 0.05) is 37.8 Å². The molecule has 0 radical (unpaired) electrons. The predicted molar refractivity (Wildman–Crippen MR) is 72.7 cm³/mol. The Labute approximate surface area is 112 Å². The molecular formula is C12H16N4O2S. The molecule has 0 amide bonds. The molecule has 0 aromatic carbocycles. The third-order valence-electron chi connectivity index (χ3n) is 2.61. The molecule has 2 aromatic heterocycles. The SMILES string of the molecule is CS(=O)(=O)c1cccnc1NCCCc1ncc[nH]1. The van der Waals surface area contributed by atoms with Crippen molar-refractivity contribution in [3.63, 3.8) is 0 Å². The Morgan fingerprint density at radius 1 is 1.32 bits per heavy atom. The summed E-state index contributed by atoms with van der Waals surface area (Å²) in [5.74, 6) is 1.33. The smallest absolute Gasteiger partial charge is 0.179 e. The minimum absolute atomic E-state index is 0.230. The quantitative estimate of drug-likeness (QED) is 0.778. The highest BCUT2D eigenvalue weighted by Gasteiger charge is 2.13. The lowest BCUT2D eigenvalue weighted by Gasteiger charge is -2.08. The molecule has 0 saturated carbocycles. The van der Waals surface area contributed by atoms with Crippen LogP contribution in [0.25, 0.3) is 0 Å². The minimum atomic E-state index is -3.26. The molecule has 6 nitrogen and oxygen atoms in total. The molecule has 0 aliphatic carbocycles. The number of aromatic amines is 1. The van der Waals surface area contributed by atoms with Gasteiger partial charge in [-0.3, -0.25) is 0 Å². The van der Waals surface area contributed by atoms with Gasteiger partial charge in [-0.15, -0.1) is 0 Å². The molecule has 0 aliphatic rings. The first-order valence-electron chi connectivity index (χ1n) is 5.94. The van der Waals surface area contributed by atoms with Crippen molar-refractivity contribution in [1.29, 1.82) is 0 Å². The normalized spacial score (nSPS) is 11.4. The van der Waals surface area contributed by atoms with Crippen molar-refractivity contribution in [2.24, 2.45) is 0 Å². The van der Waals surface area contributed by atoms with Crippen molar-refractivity contribution in [3.8, 4) is 0 Å². The number of imidazole rings is 1. The van der Waals surface area contributed by atoms with Crippen LogP contribution < -0.4 is 5.32 Å². The summed E-state index contributed by atoms with van der Waals surface area (Å²) in [7, 11) is -3.26. The van der Waals surface area contributed by atoms with E-state index in [0.717, 1.165) is 18.7 Å². The van der Waals surface area contributed by atoms with Crippen LogP contribution >= 0.6 is 0 Å². The molecule has 0 saturated heterocycles. The van der Waals surface area contributed by atoms with Crippen molar-refractivity contribution < 1.29 is 8.42 Å².